The van der Waals surface area contributed by atoms with Gasteiger partial charge in [0, 0.05) is 13.6 Å². The van der Waals surface area contributed by atoms with Crippen molar-refractivity contribution in [2.75, 3.05) is 11.9 Å². The first-order valence-electron chi connectivity index (χ1n) is 6.55. The highest BCUT2D eigenvalue weighted by Gasteiger charge is 2.11. The Morgan fingerprint density at radius 1 is 1.29 bits per heavy atom. The van der Waals surface area contributed by atoms with Crippen LogP contribution in [-0.2, 0) is 6.54 Å². The summed E-state index contributed by atoms with van der Waals surface area (Å²) in [6, 6.07) is 14.8. The van der Waals surface area contributed by atoms with Crippen molar-refractivity contribution < 1.29 is 9.90 Å². The Bertz CT molecular complexity index is 717. The highest BCUT2D eigenvalue weighted by atomic mass is 16.4. The number of nitriles is 1. The second-order valence-electron chi connectivity index (χ2n) is 4.99. The van der Waals surface area contributed by atoms with Crippen LogP contribution in [0.4, 0.5) is 5.69 Å². The van der Waals surface area contributed by atoms with Crippen molar-refractivity contribution in [1.29, 1.82) is 5.26 Å². The molecule has 0 spiro atoms. The van der Waals surface area contributed by atoms with Gasteiger partial charge in [0.25, 0.3) is 0 Å². The van der Waals surface area contributed by atoms with Crippen LogP contribution in [-0.4, -0.2) is 18.1 Å². The number of carboxylic acids is 1. The molecule has 0 aliphatic rings. The van der Waals surface area contributed by atoms with Crippen molar-refractivity contribution in [3.05, 3.63) is 64.7 Å². The van der Waals surface area contributed by atoms with Gasteiger partial charge in [-0.15, -0.1) is 0 Å². The highest BCUT2D eigenvalue weighted by Crippen LogP contribution is 2.22. The summed E-state index contributed by atoms with van der Waals surface area (Å²) in [7, 11) is 1.89. The van der Waals surface area contributed by atoms with Crippen molar-refractivity contribution >= 4 is 11.7 Å². The number of anilines is 1. The zero-order valence-corrected chi connectivity index (χ0v) is 12.0. The van der Waals surface area contributed by atoms with E-state index in [0.717, 1.165) is 11.3 Å². The fraction of sp³-hybridized carbons (Fsp3) is 0.176. The van der Waals surface area contributed by atoms with Crippen LogP contribution in [0.25, 0.3) is 0 Å². The lowest BCUT2D eigenvalue weighted by molar-refractivity contribution is 0.0697. The minimum absolute atomic E-state index is 0.124. The van der Waals surface area contributed by atoms with Crippen LogP contribution in [0.2, 0.25) is 0 Å². The van der Waals surface area contributed by atoms with E-state index in [9.17, 15) is 10.1 Å². The number of rotatable bonds is 4. The molecular formula is C17H16N2O2. The largest absolute Gasteiger partial charge is 0.478 e. The van der Waals surface area contributed by atoms with Crippen molar-refractivity contribution in [3.63, 3.8) is 0 Å². The summed E-state index contributed by atoms with van der Waals surface area (Å²) >= 11 is 0. The lowest BCUT2D eigenvalue weighted by Crippen LogP contribution is -2.18. The summed E-state index contributed by atoms with van der Waals surface area (Å²) in [4.78, 5) is 12.9. The predicted molar refractivity (Wildman–Crippen MR) is 81.4 cm³/mol. The van der Waals surface area contributed by atoms with Gasteiger partial charge in [0.05, 0.1) is 16.8 Å². The van der Waals surface area contributed by atoms with Crippen LogP contribution < -0.4 is 4.90 Å². The average molecular weight is 280 g/mol. The number of hydrogen-bond acceptors (Lipinski definition) is 3. The van der Waals surface area contributed by atoms with Gasteiger partial charge in [-0.1, -0.05) is 29.8 Å². The number of hydrogen-bond donors (Lipinski definition) is 1. The molecule has 2 aromatic carbocycles. The molecule has 2 rings (SSSR count). The molecule has 0 unspecified atom stereocenters. The molecule has 0 bridgehead atoms. The first kappa shape index (κ1) is 14.6. The molecule has 4 heteroatoms. The highest BCUT2D eigenvalue weighted by molar-refractivity contribution is 5.89. The van der Waals surface area contributed by atoms with E-state index in [2.05, 4.69) is 12.1 Å². The summed E-state index contributed by atoms with van der Waals surface area (Å²) in [5.74, 6) is -1.03. The number of nitrogens with zero attached hydrogens (tertiary/aromatic N) is 2. The Kier molecular flexibility index (Phi) is 4.24. The normalized spacial score (nSPS) is 9.95. The van der Waals surface area contributed by atoms with Crippen molar-refractivity contribution in [3.8, 4) is 6.07 Å². The van der Waals surface area contributed by atoms with Gasteiger partial charge in [0.15, 0.2) is 0 Å². The van der Waals surface area contributed by atoms with Gasteiger partial charge in [-0.25, -0.2) is 4.79 Å². The lowest BCUT2D eigenvalue weighted by Gasteiger charge is -2.21. The van der Waals surface area contributed by atoms with E-state index < -0.39 is 5.97 Å². The molecule has 2 aromatic rings. The summed E-state index contributed by atoms with van der Waals surface area (Å²) in [5, 5.41) is 18.2. The maximum atomic E-state index is 11.0. The molecule has 0 heterocycles. The Labute approximate surface area is 123 Å². The van der Waals surface area contributed by atoms with Gasteiger partial charge >= 0.3 is 5.97 Å². The molecular weight excluding hydrogens is 264 g/mol. The first-order valence-corrected chi connectivity index (χ1v) is 6.55. The van der Waals surface area contributed by atoms with E-state index in [1.807, 2.05) is 37.1 Å². The zero-order chi connectivity index (χ0) is 15.4. The van der Waals surface area contributed by atoms with Gasteiger partial charge in [0.1, 0.15) is 6.07 Å². The third kappa shape index (κ3) is 3.40. The van der Waals surface area contributed by atoms with Gasteiger partial charge in [0.2, 0.25) is 0 Å². The Balaban J connectivity index is 2.29. The van der Waals surface area contributed by atoms with E-state index in [0.29, 0.717) is 12.1 Å². The number of carbonyl (C=O) groups is 1. The van der Waals surface area contributed by atoms with Gasteiger partial charge in [-0.05, 0) is 30.7 Å². The maximum absolute atomic E-state index is 11.0. The molecule has 4 nitrogen and oxygen atoms in total. The van der Waals surface area contributed by atoms with Gasteiger partial charge < -0.3 is 10.0 Å². The van der Waals surface area contributed by atoms with Crippen LogP contribution in [0.15, 0.2) is 42.5 Å². The number of benzene rings is 2. The number of aromatic carboxylic acids is 1. The van der Waals surface area contributed by atoms with Gasteiger partial charge in [-0.2, -0.15) is 5.26 Å². The quantitative estimate of drug-likeness (QED) is 0.934. The molecule has 0 aliphatic carbocycles. The third-order valence-corrected chi connectivity index (χ3v) is 3.28. The molecule has 1 N–H and O–H groups in total. The van der Waals surface area contributed by atoms with Crippen molar-refractivity contribution in [1.82, 2.24) is 0 Å². The smallest absolute Gasteiger partial charge is 0.335 e. The molecule has 0 saturated heterocycles. The molecule has 0 radical (unpaired) electrons. The fourth-order valence-corrected chi connectivity index (χ4v) is 2.26. The van der Waals surface area contributed by atoms with E-state index >= 15 is 0 Å². The van der Waals surface area contributed by atoms with Gasteiger partial charge in [-0.3, -0.25) is 0 Å². The average Bonchev–Trinajstić information content (AvgIpc) is 2.46. The Hall–Kier alpha value is -2.80. The SMILES string of the molecule is Cc1cccc(CN(C)c2ccc(C(=O)O)cc2C#N)c1. The monoisotopic (exact) mass is 280 g/mol. The van der Waals surface area contributed by atoms with Crippen LogP contribution in [0.1, 0.15) is 27.0 Å². The second kappa shape index (κ2) is 6.10. The van der Waals surface area contributed by atoms with E-state index in [-0.39, 0.29) is 5.56 Å². The molecule has 0 saturated carbocycles. The molecule has 0 amide bonds. The second-order valence-corrected chi connectivity index (χ2v) is 4.99. The topological polar surface area (TPSA) is 64.3 Å². The van der Waals surface area contributed by atoms with E-state index in [4.69, 9.17) is 5.11 Å². The van der Waals surface area contributed by atoms with E-state index in [1.165, 1.54) is 17.7 Å². The lowest BCUT2D eigenvalue weighted by atomic mass is 10.1. The van der Waals surface area contributed by atoms with Crippen molar-refractivity contribution in [2.24, 2.45) is 0 Å². The van der Waals surface area contributed by atoms with Crippen LogP contribution in [0, 0.1) is 18.3 Å². The minimum Gasteiger partial charge on any atom is -0.478 e. The van der Waals surface area contributed by atoms with E-state index in [1.54, 1.807) is 6.07 Å². The number of carboxylic acid groups (broad SMARTS) is 1. The molecule has 0 fully saturated rings. The summed E-state index contributed by atoms with van der Waals surface area (Å²) < 4.78 is 0. The summed E-state index contributed by atoms with van der Waals surface area (Å²) in [5.41, 5.74) is 3.54. The van der Waals surface area contributed by atoms with Crippen molar-refractivity contribution in [2.45, 2.75) is 13.5 Å². The Morgan fingerprint density at radius 3 is 2.67 bits per heavy atom. The fourth-order valence-electron chi connectivity index (χ4n) is 2.26. The van der Waals surface area contributed by atoms with Crippen LogP contribution in [0.5, 0.6) is 0 Å². The molecule has 21 heavy (non-hydrogen) atoms. The predicted octanol–water partition coefficient (Wildman–Crippen LogP) is 3.20. The molecule has 0 atom stereocenters. The molecule has 106 valence electrons. The third-order valence-electron chi connectivity index (χ3n) is 3.28. The number of aryl methyl sites for hydroxylation is 1. The zero-order valence-electron chi connectivity index (χ0n) is 12.0. The maximum Gasteiger partial charge on any atom is 0.335 e. The Morgan fingerprint density at radius 2 is 2.05 bits per heavy atom. The molecule has 0 aromatic heterocycles. The summed E-state index contributed by atoms with van der Waals surface area (Å²) in [6.45, 7) is 2.69. The van der Waals surface area contributed by atoms with Crippen LogP contribution in [0.3, 0.4) is 0 Å². The summed E-state index contributed by atoms with van der Waals surface area (Å²) in [6.07, 6.45) is 0. The molecule has 0 aliphatic heterocycles. The minimum atomic E-state index is -1.03. The standard InChI is InChI=1S/C17H16N2O2/c1-12-4-3-5-13(8-12)11-19(2)16-7-6-14(17(20)21)9-15(16)10-18/h3-9H,11H2,1-2H3,(H,20,21). The first-order chi connectivity index (χ1) is 10.0. The van der Waals surface area contributed by atoms with Crippen LogP contribution >= 0.6 is 0 Å².